The van der Waals surface area contributed by atoms with Gasteiger partial charge in [-0.3, -0.25) is 4.79 Å². The molecule has 0 bridgehead atoms. The summed E-state index contributed by atoms with van der Waals surface area (Å²) in [5.41, 5.74) is 6.07. The molecular weight excluding hydrogens is 425 g/mol. The number of nitrogens with one attached hydrogen (secondary N) is 2. The van der Waals surface area contributed by atoms with Gasteiger partial charge >= 0.3 is 0 Å². The first-order valence-electron chi connectivity index (χ1n) is 11.5. The Morgan fingerprint density at radius 1 is 0.971 bits per heavy atom. The van der Waals surface area contributed by atoms with E-state index in [4.69, 9.17) is 4.98 Å². The van der Waals surface area contributed by atoms with Gasteiger partial charge in [-0.25, -0.2) is 9.37 Å². The fourth-order valence-corrected chi connectivity index (χ4v) is 4.30. The van der Waals surface area contributed by atoms with Crippen molar-refractivity contribution in [3.05, 3.63) is 102 Å². The molecule has 1 amide bonds. The first-order chi connectivity index (χ1) is 16.5. The molecule has 0 saturated carbocycles. The number of H-pyrrole nitrogens is 1. The third-order valence-corrected chi connectivity index (χ3v) is 6.17. The van der Waals surface area contributed by atoms with Crippen LogP contribution in [0.3, 0.4) is 0 Å². The van der Waals surface area contributed by atoms with E-state index in [-0.39, 0.29) is 11.7 Å². The smallest absolute Gasteiger partial charge is 0.269 e. The Morgan fingerprint density at radius 3 is 2.53 bits per heavy atom. The first-order valence-corrected chi connectivity index (χ1v) is 11.5. The lowest BCUT2D eigenvalue weighted by molar-refractivity contribution is 0.0949. The summed E-state index contributed by atoms with van der Waals surface area (Å²) in [6, 6.07) is 24.7. The van der Waals surface area contributed by atoms with Gasteiger partial charge in [0.05, 0.1) is 11.2 Å². The summed E-state index contributed by atoms with van der Waals surface area (Å²) in [7, 11) is 0. The minimum atomic E-state index is -0.275. The van der Waals surface area contributed by atoms with E-state index in [0.29, 0.717) is 24.6 Å². The molecule has 2 N–H and O–H groups in total. The van der Waals surface area contributed by atoms with Crippen LogP contribution in [0, 0.1) is 5.82 Å². The number of benzene rings is 3. The maximum absolute atomic E-state index is 13.4. The Hall–Kier alpha value is -3.99. The van der Waals surface area contributed by atoms with Gasteiger partial charge in [0.1, 0.15) is 11.5 Å². The summed E-state index contributed by atoms with van der Waals surface area (Å²) in [5, 5.41) is 4.95. The number of amides is 1. The number of pyridine rings is 1. The second kappa shape index (κ2) is 9.10. The van der Waals surface area contributed by atoms with Crippen molar-refractivity contribution >= 4 is 27.7 Å². The summed E-state index contributed by atoms with van der Waals surface area (Å²) < 4.78 is 13.4. The molecule has 0 fully saturated rings. The van der Waals surface area contributed by atoms with Gasteiger partial charge in [-0.2, -0.15) is 0 Å². The van der Waals surface area contributed by atoms with E-state index < -0.39 is 0 Å². The number of rotatable bonds is 6. The van der Waals surface area contributed by atoms with E-state index in [1.165, 1.54) is 17.7 Å². The molecule has 0 aliphatic rings. The lowest BCUT2D eigenvalue weighted by Crippen LogP contribution is -2.26. The van der Waals surface area contributed by atoms with E-state index in [9.17, 15) is 9.18 Å². The molecule has 2 heterocycles. The quantitative estimate of drug-likeness (QED) is 0.305. The zero-order chi connectivity index (χ0) is 23.7. The maximum Gasteiger partial charge on any atom is 0.269 e. The summed E-state index contributed by atoms with van der Waals surface area (Å²) >= 11 is 0. The van der Waals surface area contributed by atoms with Gasteiger partial charge in [-0.15, -0.1) is 0 Å². The normalized spacial score (nSPS) is 11.4. The van der Waals surface area contributed by atoms with Crippen molar-refractivity contribution in [1.29, 1.82) is 0 Å². The van der Waals surface area contributed by atoms with Crippen LogP contribution in [0.1, 0.15) is 41.4 Å². The van der Waals surface area contributed by atoms with Crippen LogP contribution in [0.5, 0.6) is 0 Å². The Bertz CT molecular complexity index is 1490. The number of nitrogens with zero attached hydrogens (tertiary/aromatic N) is 1. The molecule has 34 heavy (non-hydrogen) atoms. The summed E-state index contributed by atoms with van der Waals surface area (Å²) in [6.07, 6.45) is 0.544. The maximum atomic E-state index is 13.4. The molecule has 5 rings (SSSR count). The predicted molar refractivity (Wildman–Crippen MR) is 136 cm³/mol. The van der Waals surface area contributed by atoms with Crippen molar-refractivity contribution in [2.24, 2.45) is 0 Å². The molecule has 5 aromatic rings. The van der Waals surface area contributed by atoms with Gasteiger partial charge in [-0.1, -0.05) is 68.4 Å². The minimum absolute atomic E-state index is 0.247. The standard InChI is InChI=1S/C29H26FN3O/c1-18(2)20-10-12-21(13-11-20)27-28-24(23-8-3-4-9-25(23)32-28)17-26(33-27)29(34)31-15-14-19-6-5-7-22(30)16-19/h3-13,16-18,32H,14-15H2,1-2H3,(H,31,34). The molecule has 2 aromatic heterocycles. The molecule has 3 aromatic carbocycles. The second-order valence-electron chi connectivity index (χ2n) is 8.86. The number of fused-ring (bicyclic) bond motifs is 3. The Labute approximate surface area is 197 Å². The number of para-hydroxylation sites is 1. The molecular formula is C29H26FN3O. The van der Waals surface area contributed by atoms with Gasteiger partial charge in [-0.05, 0) is 47.7 Å². The van der Waals surface area contributed by atoms with Gasteiger partial charge in [0.2, 0.25) is 0 Å². The minimum Gasteiger partial charge on any atom is -0.353 e. The van der Waals surface area contributed by atoms with Crippen molar-refractivity contribution in [3.63, 3.8) is 0 Å². The lowest BCUT2D eigenvalue weighted by Gasteiger charge is -2.10. The highest BCUT2D eigenvalue weighted by molar-refractivity contribution is 6.13. The van der Waals surface area contributed by atoms with Crippen LogP contribution in [0.4, 0.5) is 4.39 Å². The molecule has 5 heteroatoms. The van der Waals surface area contributed by atoms with Crippen LogP contribution in [0.15, 0.2) is 78.9 Å². The van der Waals surface area contributed by atoms with Crippen molar-refractivity contribution in [2.45, 2.75) is 26.2 Å². The fraction of sp³-hybridized carbons (Fsp3) is 0.172. The number of carbonyl (C=O) groups excluding carboxylic acids is 1. The zero-order valence-electron chi connectivity index (χ0n) is 19.2. The topological polar surface area (TPSA) is 57.8 Å². The largest absolute Gasteiger partial charge is 0.353 e. The third-order valence-electron chi connectivity index (χ3n) is 6.17. The second-order valence-corrected chi connectivity index (χ2v) is 8.86. The highest BCUT2D eigenvalue weighted by Crippen LogP contribution is 2.33. The molecule has 0 spiro atoms. The van der Waals surface area contributed by atoms with E-state index >= 15 is 0 Å². The Balaban J connectivity index is 1.51. The van der Waals surface area contributed by atoms with Crippen LogP contribution < -0.4 is 5.32 Å². The molecule has 0 radical (unpaired) electrons. The third kappa shape index (κ3) is 4.29. The first kappa shape index (κ1) is 21.8. The average molecular weight is 452 g/mol. The van der Waals surface area contributed by atoms with Crippen molar-refractivity contribution in [1.82, 2.24) is 15.3 Å². The number of hydrogen-bond acceptors (Lipinski definition) is 2. The summed E-state index contributed by atoms with van der Waals surface area (Å²) in [5.74, 6) is -0.0858. The number of aromatic amines is 1. The van der Waals surface area contributed by atoms with Crippen molar-refractivity contribution in [2.75, 3.05) is 6.54 Å². The van der Waals surface area contributed by atoms with Crippen LogP contribution >= 0.6 is 0 Å². The van der Waals surface area contributed by atoms with E-state index in [0.717, 1.165) is 38.6 Å². The van der Waals surface area contributed by atoms with Crippen LogP contribution in [-0.4, -0.2) is 22.4 Å². The van der Waals surface area contributed by atoms with Gasteiger partial charge < -0.3 is 10.3 Å². The molecule has 0 saturated heterocycles. The van der Waals surface area contributed by atoms with Gasteiger partial charge in [0.25, 0.3) is 5.91 Å². The fourth-order valence-electron chi connectivity index (χ4n) is 4.30. The van der Waals surface area contributed by atoms with E-state index in [2.05, 4.69) is 48.4 Å². The molecule has 170 valence electrons. The molecule has 0 unspecified atom stereocenters. The average Bonchev–Trinajstić information content (AvgIpc) is 3.22. The number of aromatic nitrogens is 2. The summed E-state index contributed by atoms with van der Waals surface area (Å²) in [6.45, 7) is 4.73. The Morgan fingerprint density at radius 2 is 1.76 bits per heavy atom. The lowest BCUT2D eigenvalue weighted by atomic mass is 9.99. The molecule has 0 atom stereocenters. The highest BCUT2D eigenvalue weighted by atomic mass is 19.1. The van der Waals surface area contributed by atoms with E-state index in [1.807, 2.05) is 36.4 Å². The monoisotopic (exact) mass is 451 g/mol. The molecule has 0 aliphatic heterocycles. The van der Waals surface area contributed by atoms with Crippen LogP contribution in [0.2, 0.25) is 0 Å². The highest BCUT2D eigenvalue weighted by Gasteiger charge is 2.17. The van der Waals surface area contributed by atoms with Crippen molar-refractivity contribution < 1.29 is 9.18 Å². The zero-order valence-corrected chi connectivity index (χ0v) is 19.2. The van der Waals surface area contributed by atoms with Crippen LogP contribution in [-0.2, 0) is 6.42 Å². The number of hydrogen-bond donors (Lipinski definition) is 2. The molecule has 4 nitrogen and oxygen atoms in total. The van der Waals surface area contributed by atoms with Gasteiger partial charge in [0, 0.05) is 28.4 Å². The van der Waals surface area contributed by atoms with Gasteiger partial charge in [0.15, 0.2) is 0 Å². The Kier molecular flexibility index (Phi) is 5.84. The van der Waals surface area contributed by atoms with Crippen molar-refractivity contribution in [3.8, 4) is 11.3 Å². The van der Waals surface area contributed by atoms with E-state index in [1.54, 1.807) is 6.07 Å². The predicted octanol–water partition coefficient (Wildman–Crippen LogP) is 6.62. The number of carbonyl (C=O) groups is 1. The molecule has 0 aliphatic carbocycles. The SMILES string of the molecule is CC(C)c1ccc(-c2nc(C(=O)NCCc3cccc(F)c3)cc3c2[nH]c2ccccc23)cc1. The summed E-state index contributed by atoms with van der Waals surface area (Å²) in [4.78, 5) is 21.3. The van der Waals surface area contributed by atoms with Crippen LogP contribution in [0.25, 0.3) is 33.1 Å². The number of halogens is 1.